The molecule has 1 aromatic heterocycles. The van der Waals surface area contributed by atoms with Gasteiger partial charge in [0.05, 0.1) is 0 Å². The van der Waals surface area contributed by atoms with Crippen molar-refractivity contribution in [2.24, 2.45) is 0 Å². The summed E-state index contributed by atoms with van der Waals surface area (Å²) in [6.07, 6.45) is 2.55. The first kappa shape index (κ1) is 13.0. The van der Waals surface area contributed by atoms with E-state index in [2.05, 4.69) is 22.1 Å². The number of rotatable bonds is 4. The molecule has 0 radical (unpaired) electrons. The quantitative estimate of drug-likeness (QED) is 0.879. The van der Waals surface area contributed by atoms with Gasteiger partial charge in [-0.3, -0.25) is 9.69 Å². The van der Waals surface area contributed by atoms with Gasteiger partial charge in [0, 0.05) is 18.3 Å². The average Bonchev–Trinajstić information content (AvgIpc) is 2.89. The number of amides is 1. The molecule has 4 nitrogen and oxygen atoms in total. The smallest absolute Gasteiger partial charge is 0.269 e. The Hall–Kier alpha value is -1.42. The number of likely N-dealkylation sites (tertiary alicyclic amines) is 1. The van der Waals surface area contributed by atoms with Gasteiger partial charge < -0.3 is 5.32 Å². The van der Waals surface area contributed by atoms with E-state index in [1.807, 2.05) is 19.1 Å². The van der Waals surface area contributed by atoms with E-state index in [4.69, 9.17) is 0 Å². The largest absolute Gasteiger partial charge is 0.349 e. The number of pyridine rings is 1. The van der Waals surface area contributed by atoms with E-state index < -0.39 is 0 Å². The van der Waals surface area contributed by atoms with Gasteiger partial charge in [-0.15, -0.1) is 0 Å². The maximum absolute atomic E-state index is 11.9. The Bertz CT molecular complexity index is 413. The van der Waals surface area contributed by atoms with E-state index in [-0.39, 0.29) is 5.91 Å². The summed E-state index contributed by atoms with van der Waals surface area (Å²) < 4.78 is 0. The van der Waals surface area contributed by atoms with Crippen molar-refractivity contribution in [1.82, 2.24) is 15.2 Å². The maximum Gasteiger partial charge on any atom is 0.269 e. The highest BCUT2D eigenvalue weighted by molar-refractivity contribution is 5.92. The second-order valence-corrected chi connectivity index (χ2v) is 4.97. The first-order chi connectivity index (χ1) is 8.66. The number of carbonyl (C=O) groups is 1. The molecule has 1 aliphatic heterocycles. The number of aromatic nitrogens is 1. The van der Waals surface area contributed by atoms with E-state index in [1.165, 1.54) is 12.8 Å². The van der Waals surface area contributed by atoms with E-state index in [9.17, 15) is 4.79 Å². The predicted octanol–water partition coefficient (Wildman–Crippen LogP) is 1.60. The number of carbonyl (C=O) groups excluding carboxylic acids is 1. The minimum absolute atomic E-state index is 0.0789. The van der Waals surface area contributed by atoms with Gasteiger partial charge in [0.2, 0.25) is 0 Å². The van der Waals surface area contributed by atoms with Crippen LogP contribution in [-0.2, 0) is 0 Å². The highest BCUT2D eigenvalue weighted by Gasteiger charge is 2.18. The topological polar surface area (TPSA) is 45.2 Å². The summed E-state index contributed by atoms with van der Waals surface area (Å²) in [7, 11) is 0. The van der Waals surface area contributed by atoms with Gasteiger partial charge in [-0.25, -0.2) is 4.98 Å². The molecule has 1 aliphatic rings. The van der Waals surface area contributed by atoms with Crippen molar-refractivity contribution in [3.05, 3.63) is 29.6 Å². The van der Waals surface area contributed by atoms with Crippen molar-refractivity contribution in [2.45, 2.75) is 32.7 Å². The molecule has 1 saturated heterocycles. The Labute approximate surface area is 108 Å². The fraction of sp³-hybridized carbons (Fsp3) is 0.571. The Balaban J connectivity index is 1.84. The lowest BCUT2D eigenvalue weighted by Crippen LogP contribution is -2.40. The third-order valence-corrected chi connectivity index (χ3v) is 3.44. The molecule has 18 heavy (non-hydrogen) atoms. The molecule has 0 aromatic carbocycles. The van der Waals surface area contributed by atoms with Crippen molar-refractivity contribution in [3.63, 3.8) is 0 Å². The molecule has 0 unspecified atom stereocenters. The standard InChI is InChI=1S/C14H21N3O/c1-11-6-5-7-13(16-11)14(18)15-10-12(2)17-8-3-4-9-17/h5-7,12H,3-4,8-10H2,1-2H3,(H,15,18)/t12-/m1/s1. The van der Waals surface area contributed by atoms with Crippen LogP contribution < -0.4 is 5.32 Å². The fourth-order valence-electron chi connectivity index (χ4n) is 2.31. The number of nitrogens with zero attached hydrogens (tertiary/aromatic N) is 2. The van der Waals surface area contributed by atoms with E-state index in [0.29, 0.717) is 18.3 Å². The molecule has 1 aromatic rings. The van der Waals surface area contributed by atoms with Crippen LogP contribution in [0.4, 0.5) is 0 Å². The van der Waals surface area contributed by atoms with Gasteiger partial charge in [-0.1, -0.05) is 6.07 Å². The first-order valence-electron chi connectivity index (χ1n) is 6.63. The second kappa shape index (κ2) is 5.96. The molecular weight excluding hydrogens is 226 g/mol. The zero-order valence-electron chi connectivity index (χ0n) is 11.1. The van der Waals surface area contributed by atoms with Crippen molar-refractivity contribution in [2.75, 3.05) is 19.6 Å². The molecule has 0 spiro atoms. The summed E-state index contributed by atoms with van der Waals surface area (Å²) in [5.41, 5.74) is 1.37. The lowest BCUT2D eigenvalue weighted by atomic mass is 10.2. The minimum atomic E-state index is -0.0789. The highest BCUT2D eigenvalue weighted by Crippen LogP contribution is 2.10. The number of hydrogen-bond donors (Lipinski definition) is 1. The van der Waals surface area contributed by atoms with Gasteiger partial charge in [-0.2, -0.15) is 0 Å². The fourth-order valence-corrected chi connectivity index (χ4v) is 2.31. The first-order valence-corrected chi connectivity index (χ1v) is 6.63. The lowest BCUT2D eigenvalue weighted by molar-refractivity contribution is 0.0935. The molecule has 1 amide bonds. The number of hydrogen-bond acceptors (Lipinski definition) is 3. The summed E-state index contributed by atoms with van der Waals surface area (Å²) in [6, 6.07) is 5.91. The van der Waals surface area contributed by atoms with E-state index in [0.717, 1.165) is 18.8 Å². The summed E-state index contributed by atoms with van der Waals surface area (Å²) in [5, 5.41) is 2.96. The van der Waals surface area contributed by atoms with Crippen molar-refractivity contribution >= 4 is 5.91 Å². The Morgan fingerprint density at radius 3 is 2.83 bits per heavy atom. The normalized spacial score (nSPS) is 17.7. The Morgan fingerprint density at radius 1 is 1.44 bits per heavy atom. The zero-order valence-corrected chi connectivity index (χ0v) is 11.1. The Morgan fingerprint density at radius 2 is 2.17 bits per heavy atom. The van der Waals surface area contributed by atoms with E-state index >= 15 is 0 Å². The zero-order chi connectivity index (χ0) is 13.0. The molecule has 0 aliphatic carbocycles. The molecule has 1 fully saturated rings. The molecular formula is C14H21N3O. The lowest BCUT2D eigenvalue weighted by Gasteiger charge is -2.23. The monoisotopic (exact) mass is 247 g/mol. The SMILES string of the molecule is Cc1cccc(C(=O)NC[C@@H](C)N2CCCC2)n1. The summed E-state index contributed by atoms with van der Waals surface area (Å²) in [6.45, 7) is 7.05. The van der Waals surface area contributed by atoms with Gasteiger partial charge >= 0.3 is 0 Å². The van der Waals surface area contributed by atoms with Crippen LogP contribution in [0, 0.1) is 6.92 Å². The molecule has 4 heteroatoms. The van der Waals surface area contributed by atoms with Crippen molar-refractivity contribution in [3.8, 4) is 0 Å². The molecule has 2 rings (SSSR count). The van der Waals surface area contributed by atoms with Gasteiger partial charge in [0.1, 0.15) is 5.69 Å². The summed E-state index contributed by atoms with van der Waals surface area (Å²) in [5.74, 6) is -0.0789. The number of nitrogens with one attached hydrogen (secondary N) is 1. The third kappa shape index (κ3) is 3.29. The molecule has 0 bridgehead atoms. The van der Waals surface area contributed by atoms with Gasteiger partial charge in [0.25, 0.3) is 5.91 Å². The molecule has 1 atom stereocenters. The maximum atomic E-state index is 11.9. The van der Waals surface area contributed by atoms with Crippen LogP contribution in [0.5, 0.6) is 0 Å². The van der Waals surface area contributed by atoms with Gasteiger partial charge in [-0.05, 0) is 51.9 Å². The van der Waals surface area contributed by atoms with Gasteiger partial charge in [0.15, 0.2) is 0 Å². The van der Waals surface area contributed by atoms with Crippen molar-refractivity contribution in [1.29, 1.82) is 0 Å². The Kier molecular flexibility index (Phi) is 4.31. The molecule has 1 N–H and O–H groups in total. The van der Waals surface area contributed by atoms with Crippen LogP contribution in [0.3, 0.4) is 0 Å². The number of aryl methyl sites for hydroxylation is 1. The van der Waals surface area contributed by atoms with Crippen LogP contribution in [0.2, 0.25) is 0 Å². The third-order valence-electron chi connectivity index (χ3n) is 3.44. The second-order valence-electron chi connectivity index (χ2n) is 4.97. The highest BCUT2D eigenvalue weighted by atomic mass is 16.1. The molecule has 0 saturated carbocycles. The van der Waals surface area contributed by atoms with Crippen LogP contribution in [-0.4, -0.2) is 41.5 Å². The molecule has 2 heterocycles. The predicted molar refractivity (Wildman–Crippen MR) is 71.6 cm³/mol. The van der Waals surface area contributed by atoms with Crippen LogP contribution in [0.1, 0.15) is 35.9 Å². The van der Waals surface area contributed by atoms with Crippen LogP contribution >= 0.6 is 0 Å². The van der Waals surface area contributed by atoms with E-state index in [1.54, 1.807) is 6.07 Å². The van der Waals surface area contributed by atoms with Crippen LogP contribution in [0.15, 0.2) is 18.2 Å². The summed E-state index contributed by atoms with van der Waals surface area (Å²) >= 11 is 0. The molecule has 98 valence electrons. The van der Waals surface area contributed by atoms with Crippen molar-refractivity contribution < 1.29 is 4.79 Å². The summed E-state index contributed by atoms with van der Waals surface area (Å²) in [4.78, 5) is 18.6. The average molecular weight is 247 g/mol. The van der Waals surface area contributed by atoms with Crippen LogP contribution in [0.25, 0.3) is 0 Å². The minimum Gasteiger partial charge on any atom is -0.349 e.